The molecule has 4 nitrogen and oxygen atoms in total. The van der Waals surface area contributed by atoms with Gasteiger partial charge in [0, 0.05) is 16.5 Å². The van der Waals surface area contributed by atoms with Gasteiger partial charge in [0.25, 0.3) is 5.91 Å². The fraction of sp³-hybridized carbons (Fsp3) is 0.692. The topological polar surface area (TPSA) is 58.2 Å². The van der Waals surface area contributed by atoms with Crippen LogP contribution < -0.4 is 10.6 Å². The van der Waals surface area contributed by atoms with E-state index in [0.29, 0.717) is 11.3 Å². The molecule has 2 amide bonds. The minimum Gasteiger partial charge on any atom is -0.350 e. The summed E-state index contributed by atoms with van der Waals surface area (Å²) in [6.45, 7) is 0. The molecule has 5 aliphatic carbocycles. The van der Waals surface area contributed by atoms with E-state index in [4.69, 9.17) is 0 Å². The van der Waals surface area contributed by atoms with Gasteiger partial charge in [0.05, 0.1) is 11.3 Å². The number of rotatable bonds is 6. The van der Waals surface area contributed by atoms with E-state index in [0.717, 1.165) is 35.5 Å². The van der Waals surface area contributed by atoms with Gasteiger partial charge in [-0.15, -0.1) is 11.8 Å². The van der Waals surface area contributed by atoms with Crippen LogP contribution in [-0.4, -0.2) is 29.1 Å². The van der Waals surface area contributed by atoms with Crippen LogP contribution in [0.3, 0.4) is 0 Å². The lowest BCUT2D eigenvalue weighted by molar-refractivity contribution is -0.124. The zero-order valence-corrected chi connectivity index (χ0v) is 19.4. The fourth-order valence-corrected chi connectivity index (χ4v) is 8.06. The van der Waals surface area contributed by atoms with Crippen molar-refractivity contribution in [2.24, 2.45) is 17.8 Å². The summed E-state index contributed by atoms with van der Waals surface area (Å²) in [5.41, 5.74) is 0.766. The maximum atomic E-state index is 13.0. The molecule has 0 aromatic heterocycles. The van der Waals surface area contributed by atoms with E-state index in [1.54, 1.807) is 0 Å². The zero-order chi connectivity index (χ0) is 21.3. The number of carbonyl (C=O) groups excluding carboxylic acids is 2. The Morgan fingerprint density at radius 2 is 1.52 bits per heavy atom. The molecule has 5 saturated carbocycles. The first-order valence-electron chi connectivity index (χ1n) is 12.4. The number of hydrogen-bond acceptors (Lipinski definition) is 3. The van der Waals surface area contributed by atoms with Gasteiger partial charge in [-0.25, -0.2) is 0 Å². The molecule has 0 unspecified atom stereocenters. The zero-order valence-electron chi connectivity index (χ0n) is 18.5. The highest BCUT2D eigenvalue weighted by Gasteiger charge is 2.51. The number of nitrogens with one attached hydrogen (secondary N) is 2. The van der Waals surface area contributed by atoms with Crippen molar-refractivity contribution in [3.63, 3.8) is 0 Å². The highest BCUT2D eigenvalue weighted by atomic mass is 32.2. The van der Waals surface area contributed by atoms with Crippen molar-refractivity contribution in [2.75, 3.05) is 5.75 Å². The second kappa shape index (κ2) is 9.17. The van der Waals surface area contributed by atoms with Gasteiger partial charge in [-0.05, 0) is 81.3 Å². The van der Waals surface area contributed by atoms with Crippen molar-refractivity contribution in [3.05, 3.63) is 29.8 Å². The van der Waals surface area contributed by atoms with E-state index in [1.165, 1.54) is 76.0 Å². The molecule has 168 valence electrons. The molecule has 0 heterocycles. The van der Waals surface area contributed by atoms with Crippen LogP contribution in [0.25, 0.3) is 0 Å². The number of thioether (sulfide) groups is 1. The molecule has 1 aromatic carbocycles. The van der Waals surface area contributed by atoms with Crippen molar-refractivity contribution < 1.29 is 9.59 Å². The SMILES string of the molecule is O=C(CSc1ccccc1C(=O)NC1CCCCCC1)NC12CC3CC(CC(C3)C1)C2. The summed E-state index contributed by atoms with van der Waals surface area (Å²) >= 11 is 1.51. The van der Waals surface area contributed by atoms with Crippen LogP contribution in [0.2, 0.25) is 0 Å². The van der Waals surface area contributed by atoms with Crippen molar-refractivity contribution in [3.8, 4) is 0 Å². The van der Waals surface area contributed by atoms with E-state index in [2.05, 4.69) is 10.6 Å². The summed E-state index contributed by atoms with van der Waals surface area (Å²) in [5.74, 6) is 3.01. The Bertz CT molecular complexity index is 780. The van der Waals surface area contributed by atoms with Gasteiger partial charge in [-0.2, -0.15) is 0 Å². The van der Waals surface area contributed by atoms with E-state index in [-0.39, 0.29) is 23.4 Å². The lowest BCUT2D eigenvalue weighted by Gasteiger charge is -2.56. The van der Waals surface area contributed by atoms with Crippen LogP contribution >= 0.6 is 11.8 Å². The van der Waals surface area contributed by atoms with Crippen LogP contribution in [0.5, 0.6) is 0 Å². The highest BCUT2D eigenvalue weighted by molar-refractivity contribution is 8.00. The molecule has 4 bridgehead atoms. The second-order valence-electron chi connectivity index (χ2n) is 10.7. The minimum atomic E-state index is 0.0106. The summed E-state index contributed by atoms with van der Waals surface area (Å²) in [5, 5.41) is 6.71. The predicted octanol–water partition coefficient (Wildman–Crippen LogP) is 5.32. The Hall–Kier alpha value is -1.49. The summed E-state index contributed by atoms with van der Waals surface area (Å²) in [4.78, 5) is 26.8. The lowest BCUT2D eigenvalue weighted by Crippen LogP contribution is -2.60. The lowest BCUT2D eigenvalue weighted by atomic mass is 9.53. The molecule has 0 atom stereocenters. The number of carbonyl (C=O) groups is 2. The smallest absolute Gasteiger partial charge is 0.252 e. The molecular formula is C26H36N2O2S. The predicted molar refractivity (Wildman–Crippen MR) is 125 cm³/mol. The summed E-state index contributed by atoms with van der Waals surface area (Å²) in [6.07, 6.45) is 14.8. The molecule has 0 aliphatic heterocycles. The van der Waals surface area contributed by atoms with Crippen LogP contribution in [0, 0.1) is 17.8 Å². The maximum Gasteiger partial charge on any atom is 0.252 e. The highest BCUT2D eigenvalue weighted by Crippen LogP contribution is 2.55. The monoisotopic (exact) mass is 440 g/mol. The van der Waals surface area contributed by atoms with Gasteiger partial charge in [0.15, 0.2) is 0 Å². The second-order valence-corrected chi connectivity index (χ2v) is 11.7. The molecule has 1 aromatic rings. The largest absolute Gasteiger partial charge is 0.350 e. The summed E-state index contributed by atoms with van der Waals surface area (Å²) < 4.78 is 0. The Morgan fingerprint density at radius 1 is 0.903 bits per heavy atom. The quantitative estimate of drug-likeness (QED) is 0.465. The van der Waals surface area contributed by atoms with E-state index < -0.39 is 0 Å². The van der Waals surface area contributed by atoms with Crippen molar-refractivity contribution in [2.45, 2.75) is 93.5 Å². The normalized spacial score (nSPS) is 32.5. The average Bonchev–Trinajstić information content (AvgIpc) is 3.00. The molecule has 6 rings (SSSR count). The molecule has 0 saturated heterocycles. The molecule has 0 spiro atoms. The van der Waals surface area contributed by atoms with Crippen molar-refractivity contribution in [1.82, 2.24) is 10.6 Å². The number of amides is 2. The molecule has 2 N–H and O–H groups in total. The first kappa shape index (κ1) is 21.4. The van der Waals surface area contributed by atoms with Gasteiger partial charge in [-0.1, -0.05) is 37.8 Å². The minimum absolute atomic E-state index is 0.0106. The third kappa shape index (κ3) is 4.97. The van der Waals surface area contributed by atoms with E-state index >= 15 is 0 Å². The van der Waals surface area contributed by atoms with Crippen LogP contribution in [-0.2, 0) is 4.79 Å². The van der Waals surface area contributed by atoms with Crippen molar-refractivity contribution in [1.29, 1.82) is 0 Å². The molecule has 5 heteroatoms. The third-order valence-electron chi connectivity index (χ3n) is 8.12. The first-order chi connectivity index (χ1) is 15.1. The maximum absolute atomic E-state index is 13.0. The van der Waals surface area contributed by atoms with Crippen molar-refractivity contribution >= 4 is 23.6 Å². The van der Waals surface area contributed by atoms with Gasteiger partial charge >= 0.3 is 0 Å². The van der Waals surface area contributed by atoms with Crippen LogP contribution in [0.15, 0.2) is 29.2 Å². The number of hydrogen-bond donors (Lipinski definition) is 2. The molecule has 31 heavy (non-hydrogen) atoms. The Kier molecular flexibility index (Phi) is 6.32. The standard InChI is InChI=1S/C26H36N2O2S/c29-24(28-26-14-18-11-19(15-26)13-20(12-18)16-26)17-31-23-10-6-5-9-22(23)25(30)27-21-7-3-1-2-4-8-21/h5-6,9-10,18-21H,1-4,7-8,11-17H2,(H,27,30)(H,28,29). The third-order valence-corrected chi connectivity index (χ3v) is 9.20. The molecular weight excluding hydrogens is 404 g/mol. The Balaban J connectivity index is 1.18. The van der Waals surface area contributed by atoms with Gasteiger partial charge < -0.3 is 10.6 Å². The summed E-state index contributed by atoms with van der Waals surface area (Å²) in [7, 11) is 0. The Labute approximate surface area is 190 Å². The first-order valence-corrected chi connectivity index (χ1v) is 13.4. The summed E-state index contributed by atoms with van der Waals surface area (Å²) in [6, 6.07) is 8.03. The molecule has 0 radical (unpaired) electrons. The average molecular weight is 441 g/mol. The van der Waals surface area contributed by atoms with Crippen LogP contribution in [0.1, 0.15) is 87.4 Å². The van der Waals surface area contributed by atoms with E-state index in [1.807, 2.05) is 24.3 Å². The van der Waals surface area contributed by atoms with Gasteiger partial charge in [0.2, 0.25) is 5.91 Å². The molecule has 5 fully saturated rings. The van der Waals surface area contributed by atoms with E-state index in [9.17, 15) is 9.59 Å². The number of benzene rings is 1. The fourth-order valence-electron chi connectivity index (χ4n) is 7.21. The Morgan fingerprint density at radius 3 is 2.16 bits per heavy atom. The van der Waals surface area contributed by atoms with Gasteiger partial charge in [-0.3, -0.25) is 9.59 Å². The van der Waals surface area contributed by atoms with Gasteiger partial charge in [0.1, 0.15) is 0 Å². The molecule has 5 aliphatic rings. The van der Waals surface area contributed by atoms with Crippen LogP contribution in [0.4, 0.5) is 0 Å².